The zero-order valence-electron chi connectivity index (χ0n) is 10.1. The fraction of sp³-hybridized carbons (Fsp3) is 0.727. The number of urea groups is 1. The number of carbonyl (C=O) groups excluding carboxylic acids is 3. The Morgan fingerprint density at radius 1 is 1.35 bits per heavy atom. The van der Waals surface area contributed by atoms with Gasteiger partial charge in [0.1, 0.15) is 11.3 Å². The van der Waals surface area contributed by atoms with Gasteiger partial charge < -0.3 is 5.32 Å². The lowest BCUT2D eigenvalue weighted by Gasteiger charge is -2.39. The van der Waals surface area contributed by atoms with Crippen molar-refractivity contribution in [3.05, 3.63) is 0 Å². The van der Waals surface area contributed by atoms with Crippen molar-refractivity contribution >= 4 is 17.7 Å². The molecule has 94 valence electrons. The second kappa shape index (κ2) is 4.10. The van der Waals surface area contributed by atoms with Gasteiger partial charge in [-0.05, 0) is 26.7 Å². The molecular weight excluding hydrogens is 222 g/mol. The number of carbonyl (C=O) groups is 3. The Hall–Kier alpha value is -1.43. The number of nitrogens with zero attached hydrogens (tertiary/aromatic N) is 1. The first-order chi connectivity index (χ1) is 7.94. The number of piperidine rings is 1. The molecule has 6 heteroatoms. The fourth-order valence-electron chi connectivity index (χ4n) is 2.43. The van der Waals surface area contributed by atoms with Crippen LogP contribution in [0.15, 0.2) is 0 Å². The molecule has 2 rings (SSSR count). The Morgan fingerprint density at radius 2 is 1.94 bits per heavy atom. The van der Waals surface area contributed by atoms with Gasteiger partial charge >= 0.3 is 6.03 Å². The van der Waals surface area contributed by atoms with Crippen LogP contribution in [0, 0.1) is 0 Å². The molecule has 0 aliphatic carbocycles. The minimum Gasteiger partial charge on any atom is -0.323 e. The summed E-state index contributed by atoms with van der Waals surface area (Å²) in [5.41, 5.74) is -0.746. The van der Waals surface area contributed by atoms with Crippen LogP contribution in [-0.4, -0.2) is 47.3 Å². The molecule has 0 radical (unpaired) electrons. The first-order valence-corrected chi connectivity index (χ1v) is 5.83. The van der Waals surface area contributed by atoms with Crippen molar-refractivity contribution in [2.24, 2.45) is 0 Å². The normalized spacial score (nSPS) is 25.5. The van der Waals surface area contributed by atoms with E-state index in [-0.39, 0.29) is 17.7 Å². The lowest BCUT2D eigenvalue weighted by molar-refractivity contribution is -0.126. The molecule has 6 nitrogen and oxygen atoms in total. The van der Waals surface area contributed by atoms with E-state index < -0.39 is 11.6 Å². The lowest BCUT2D eigenvalue weighted by Crippen LogP contribution is -2.56. The summed E-state index contributed by atoms with van der Waals surface area (Å²) >= 11 is 0. The highest BCUT2D eigenvalue weighted by Gasteiger charge is 2.48. The number of imide groups is 1. The summed E-state index contributed by atoms with van der Waals surface area (Å²) in [6.45, 7) is 4.73. The molecule has 17 heavy (non-hydrogen) atoms. The van der Waals surface area contributed by atoms with Crippen LogP contribution in [0.5, 0.6) is 0 Å². The monoisotopic (exact) mass is 239 g/mol. The van der Waals surface area contributed by atoms with Crippen LogP contribution in [0.1, 0.15) is 26.7 Å². The van der Waals surface area contributed by atoms with E-state index >= 15 is 0 Å². The molecule has 2 aliphatic rings. The molecule has 1 atom stereocenters. The number of ketones is 1. The van der Waals surface area contributed by atoms with Gasteiger partial charge in [0.05, 0.1) is 6.04 Å². The summed E-state index contributed by atoms with van der Waals surface area (Å²) in [4.78, 5) is 36.2. The molecule has 0 bridgehead atoms. The van der Waals surface area contributed by atoms with Gasteiger partial charge in [-0.15, -0.1) is 0 Å². The van der Waals surface area contributed by atoms with Crippen molar-refractivity contribution < 1.29 is 14.4 Å². The molecule has 0 aromatic heterocycles. The third kappa shape index (κ3) is 2.04. The molecule has 2 aliphatic heterocycles. The molecule has 3 amide bonds. The van der Waals surface area contributed by atoms with E-state index in [9.17, 15) is 14.4 Å². The van der Waals surface area contributed by atoms with Gasteiger partial charge in [-0.1, -0.05) is 0 Å². The summed E-state index contributed by atoms with van der Waals surface area (Å²) < 4.78 is 0. The van der Waals surface area contributed by atoms with E-state index in [1.54, 1.807) is 6.92 Å². The first kappa shape index (κ1) is 12.0. The summed E-state index contributed by atoms with van der Waals surface area (Å²) in [5.74, 6) is -0.113. The maximum absolute atomic E-state index is 11.7. The maximum atomic E-state index is 11.7. The van der Waals surface area contributed by atoms with Crippen LogP contribution in [0.3, 0.4) is 0 Å². The Kier molecular flexibility index (Phi) is 2.91. The average molecular weight is 239 g/mol. The zero-order chi connectivity index (χ0) is 12.6. The van der Waals surface area contributed by atoms with Crippen molar-refractivity contribution in [2.45, 2.75) is 38.3 Å². The van der Waals surface area contributed by atoms with Crippen LogP contribution in [0.25, 0.3) is 0 Å². The number of hydrogen-bond donors (Lipinski definition) is 2. The molecular formula is C11H17N3O3. The van der Waals surface area contributed by atoms with Gasteiger partial charge in [-0.3, -0.25) is 19.8 Å². The molecule has 2 heterocycles. The minimum atomic E-state index is -0.746. The number of amides is 3. The number of rotatable bonds is 2. The van der Waals surface area contributed by atoms with Gasteiger partial charge in [0.2, 0.25) is 0 Å². The van der Waals surface area contributed by atoms with Crippen LogP contribution in [-0.2, 0) is 9.59 Å². The van der Waals surface area contributed by atoms with E-state index in [0.29, 0.717) is 25.9 Å². The van der Waals surface area contributed by atoms with Gasteiger partial charge in [-0.2, -0.15) is 0 Å². The first-order valence-electron chi connectivity index (χ1n) is 5.83. The topological polar surface area (TPSA) is 78.5 Å². The minimum absolute atomic E-state index is 0.118. The summed E-state index contributed by atoms with van der Waals surface area (Å²) in [6.07, 6.45) is 1.12. The molecule has 1 spiro atoms. The highest BCUT2D eigenvalue weighted by atomic mass is 16.2. The smallest absolute Gasteiger partial charge is 0.322 e. The number of nitrogens with one attached hydrogen (secondary N) is 2. The van der Waals surface area contributed by atoms with Crippen LogP contribution >= 0.6 is 0 Å². The molecule has 0 aromatic rings. The standard InChI is InChI=1S/C11H17N3O3/c1-7(8(2)15)14-5-3-11(4-6-14)9(16)12-10(17)13-11/h7H,3-6H2,1-2H3,(H2,12,13,16,17). The SMILES string of the molecule is CC(=O)C(C)N1CCC2(CC1)NC(=O)NC2=O. The van der Waals surface area contributed by atoms with Gasteiger partial charge in [0, 0.05) is 13.1 Å². The van der Waals surface area contributed by atoms with Gasteiger partial charge in [0.25, 0.3) is 5.91 Å². The predicted octanol–water partition coefficient (Wildman–Crippen LogP) is -0.362. The largest absolute Gasteiger partial charge is 0.323 e. The molecule has 2 fully saturated rings. The molecule has 0 saturated carbocycles. The van der Waals surface area contributed by atoms with E-state index in [4.69, 9.17) is 0 Å². The lowest BCUT2D eigenvalue weighted by atomic mass is 9.87. The number of likely N-dealkylation sites (tertiary alicyclic amines) is 1. The van der Waals surface area contributed by atoms with Crippen molar-refractivity contribution in [3.63, 3.8) is 0 Å². The highest BCUT2D eigenvalue weighted by molar-refractivity contribution is 6.07. The number of Topliss-reactive ketones (excluding diaryl/α,β-unsaturated/α-hetero) is 1. The second-order valence-corrected chi connectivity index (χ2v) is 4.81. The quantitative estimate of drug-likeness (QED) is 0.645. The van der Waals surface area contributed by atoms with E-state index in [2.05, 4.69) is 10.6 Å². The van der Waals surface area contributed by atoms with Crippen LogP contribution < -0.4 is 10.6 Å². The molecule has 2 N–H and O–H groups in total. The molecule has 0 aromatic carbocycles. The summed E-state index contributed by atoms with van der Waals surface area (Å²) in [6, 6.07) is -0.532. The summed E-state index contributed by atoms with van der Waals surface area (Å²) in [5, 5.41) is 4.97. The fourth-order valence-corrected chi connectivity index (χ4v) is 2.43. The Labute approximate surface area is 99.7 Å². The van der Waals surface area contributed by atoms with Crippen molar-refractivity contribution in [3.8, 4) is 0 Å². The van der Waals surface area contributed by atoms with Crippen LogP contribution in [0.2, 0.25) is 0 Å². The van der Waals surface area contributed by atoms with Crippen LogP contribution in [0.4, 0.5) is 4.79 Å². The Morgan fingerprint density at radius 3 is 2.35 bits per heavy atom. The van der Waals surface area contributed by atoms with E-state index in [0.717, 1.165) is 0 Å². The van der Waals surface area contributed by atoms with Gasteiger partial charge in [0.15, 0.2) is 0 Å². The molecule has 2 saturated heterocycles. The third-order valence-electron chi connectivity index (χ3n) is 3.80. The Bertz CT molecular complexity index is 372. The zero-order valence-corrected chi connectivity index (χ0v) is 10.1. The number of hydrogen-bond acceptors (Lipinski definition) is 4. The van der Waals surface area contributed by atoms with Crippen molar-refractivity contribution in [2.75, 3.05) is 13.1 Å². The average Bonchev–Trinajstić information content (AvgIpc) is 2.54. The summed E-state index contributed by atoms with van der Waals surface area (Å²) in [7, 11) is 0. The maximum Gasteiger partial charge on any atom is 0.322 e. The second-order valence-electron chi connectivity index (χ2n) is 4.81. The Balaban J connectivity index is 2.01. The molecule has 1 unspecified atom stereocenters. The van der Waals surface area contributed by atoms with Crippen molar-refractivity contribution in [1.82, 2.24) is 15.5 Å². The third-order valence-corrected chi connectivity index (χ3v) is 3.80. The van der Waals surface area contributed by atoms with Crippen molar-refractivity contribution in [1.29, 1.82) is 0 Å². The van der Waals surface area contributed by atoms with Gasteiger partial charge in [-0.25, -0.2) is 4.79 Å². The highest BCUT2D eigenvalue weighted by Crippen LogP contribution is 2.26. The predicted molar refractivity (Wildman–Crippen MR) is 60.4 cm³/mol. The van der Waals surface area contributed by atoms with E-state index in [1.807, 2.05) is 11.8 Å². The van der Waals surface area contributed by atoms with E-state index in [1.165, 1.54) is 0 Å².